The molecule has 1 aliphatic heterocycles. The zero-order valence-electron chi connectivity index (χ0n) is 38.1. The van der Waals surface area contributed by atoms with Crippen molar-refractivity contribution in [2.45, 2.75) is 294 Å². The lowest BCUT2D eigenvalue weighted by molar-refractivity contribution is -0.302. The van der Waals surface area contributed by atoms with E-state index in [9.17, 15) is 30.3 Å². The molecule has 0 aliphatic carbocycles. The maximum absolute atomic E-state index is 13.0. The molecule has 0 spiro atoms. The number of hydrogen-bond acceptors (Lipinski definition) is 8. The molecule has 9 heteroatoms. The first-order valence-corrected chi connectivity index (χ1v) is 25.2. The van der Waals surface area contributed by atoms with Gasteiger partial charge in [0.05, 0.1) is 25.4 Å². The molecule has 1 saturated heterocycles. The minimum Gasteiger partial charge on any atom is -0.394 e. The molecule has 7 atom stereocenters. The number of ether oxygens (including phenoxy) is 2. The highest BCUT2D eigenvalue weighted by Gasteiger charge is 2.44. The van der Waals surface area contributed by atoms with Crippen LogP contribution in [0.1, 0.15) is 251 Å². The van der Waals surface area contributed by atoms with E-state index in [1.807, 2.05) is 0 Å². The van der Waals surface area contributed by atoms with Gasteiger partial charge in [-0.1, -0.05) is 232 Å². The molecule has 0 aromatic rings. The number of rotatable bonds is 43. The van der Waals surface area contributed by atoms with Crippen molar-refractivity contribution in [3.05, 3.63) is 0 Å². The molecule has 6 N–H and O–H groups in total. The number of nitrogens with one attached hydrogen (secondary N) is 1. The molecule has 346 valence electrons. The summed E-state index contributed by atoms with van der Waals surface area (Å²) in [5.74, 6) is -0.139. The minimum absolute atomic E-state index is 0.131. The lowest BCUT2D eigenvalue weighted by Gasteiger charge is -2.40. The smallest absolute Gasteiger partial charge is 0.220 e. The average Bonchev–Trinajstić information content (AvgIpc) is 3.22. The number of carbonyl (C=O) groups is 1. The Hall–Kier alpha value is -0.810. The highest BCUT2D eigenvalue weighted by molar-refractivity contribution is 5.76. The Morgan fingerprint density at radius 3 is 1.22 bits per heavy atom. The summed E-state index contributed by atoms with van der Waals surface area (Å²) in [7, 11) is 0. The first kappa shape index (κ1) is 55.2. The third-order valence-corrected chi connectivity index (χ3v) is 12.5. The number of aliphatic hydroxyl groups is 5. The maximum atomic E-state index is 13.0. The van der Waals surface area contributed by atoms with Crippen LogP contribution in [0, 0.1) is 0 Å². The number of unbranched alkanes of at least 4 members (excludes halogenated alkanes) is 33. The molecule has 0 bridgehead atoms. The van der Waals surface area contributed by atoms with Gasteiger partial charge >= 0.3 is 0 Å². The van der Waals surface area contributed by atoms with Crippen molar-refractivity contribution in [3.8, 4) is 0 Å². The monoisotopic (exact) mass is 828 g/mol. The van der Waals surface area contributed by atoms with Crippen LogP contribution in [0.15, 0.2) is 0 Å². The van der Waals surface area contributed by atoms with Crippen LogP contribution in [-0.2, 0) is 14.3 Å². The number of hydrogen-bond donors (Lipinski definition) is 6. The fraction of sp³-hybridized carbons (Fsp3) is 0.980. The summed E-state index contributed by atoms with van der Waals surface area (Å²) < 4.78 is 11.3. The Morgan fingerprint density at radius 1 is 0.517 bits per heavy atom. The van der Waals surface area contributed by atoms with Crippen molar-refractivity contribution in [2.24, 2.45) is 0 Å². The van der Waals surface area contributed by atoms with Gasteiger partial charge in [0.25, 0.3) is 0 Å². The van der Waals surface area contributed by atoms with Crippen LogP contribution in [0.4, 0.5) is 0 Å². The SMILES string of the molecule is CCCCCCCCCCCCCCCCCCCCCC(=O)N[C@@H](CO[C@@H]1O[C@H](CO)[C@@H](O)C(O)C1O)[C@H](O)CCCCCCCCCCCCCCCCCC. The molecule has 0 aromatic heterocycles. The van der Waals surface area contributed by atoms with Gasteiger partial charge in [-0.3, -0.25) is 4.79 Å². The second-order valence-electron chi connectivity index (χ2n) is 18.0. The molecule has 0 saturated carbocycles. The fourth-order valence-corrected chi connectivity index (χ4v) is 8.40. The molecule has 1 amide bonds. The van der Waals surface area contributed by atoms with E-state index in [0.29, 0.717) is 12.8 Å². The summed E-state index contributed by atoms with van der Waals surface area (Å²) in [6.45, 7) is 3.86. The van der Waals surface area contributed by atoms with Crippen molar-refractivity contribution < 1.29 is 39.8 Å². The molecule has 1 fully saturated rings. The van der Waals surface area contributed by atoms with Gasteiger partial charge in [-0.05, 0) is 12.8 Å². The van der Waals surface area contributed by atoms with Crippen molar-refractivity contribution in [1.29, 1.82) is 0 Å². The van der Waals surface area contributed by atoms with Crippen molar-refractivity contribution >= 4 is 5.91 Å². The molecule has 2 unspecified atom stereocenters. The molecular formula is C49H97NO8. The lowest BCUT2D eigenvalue weighted by Crippen LogP contribution is -2.60. The van der Waals surface area contributed by atoms with Gasteiger partial charge in [0.1, 0.15) is 24.4 Å². The highest BCUT2D eigenvalue weighted by atomic mass is 16.7. The quantitative estimate of drug-likeness (QED) is 0.0333. The second-order valence-corrected chi connectivity index (χ2v) is 18.0. The summed E-state index contributed by atoms with van der Waals surface area (Å²) in [6.07, 6.45) is 38.2. The van der Waals surface area contributed by atoms with E-state index in [-0.39, 0.29) is 12.5 Å². The van der Waals surface area contributed by atoms with Crippen LogP contribution in [0.3, 0.4) is 0 Å². The Bertz CT molecular complexity index is 878. The Balaban J connectivity index is 2.26. The van der Waals surface area contributed by atoms with Crippen LogP contribution in [0.2, 0.25) is 0 Å². The van der Waals surface area contributed by atoms with Crippen molar-refractivity contribution in [3.63, 3.8) is 0 Å². The zero-order chi connectivity index (χ0) is 42.3. The summed E-state index contributed by atoms with van der Waals surface area (Å²) in [6, 6.07) is -0.712. The van der Waals surface area contributed by atoms with Crippen LogP contribution < -0.4 is 5.32 Å². The number of aliphatic hydroxyl groups excluding tert-OH is 5. The summed E-state index contributed by atoms with van der Waals surface area (Å²) in [5, 5.41) is 54.5. The molecular weight excluding hydrogens is 731 g/mol. The Morgan fingerprint density at radius 2 is 0.862 bits per heavy atom. The van der Waals surface area contributed by atoms with E-state index >= 15 is 0 Å². The molecule has 1 aliphatic rings. The van der Waals surface area contributed by atoms with E-state index in [0.717, 1.165) is 38.5 Å². The van der Waals surface area contributed by atoms with Crippen molar-refractivity contribution in [2.75, 3.05) is 13.2 Å². The average molecular weight is 828 g/mol. The van der Waals surface area contributed by atoms with Gasteiger partial charge in [0, 0.05) is 6.42 Å². The van der Waals surface area contributed by atoms with E-state index < -0.39 is 49.5 Å². The van der Waals surface area contributed by atoms with Gasteiger partial charge in [0.2, 0.25) is 5.91 Å². The molecule has 9 nitrogen and oxygen atoms in total. The molecule has 58 heavy (non-hydrogen) atoms. The van der Waals surface area contributed by atoms with Gasteiger partial charge in [-0.15, -0.1) is 0 Å². The molecule has 0 aromatic carbocycles. The maximum Gasteiger partial charge on any atom is 0.220 e. The standard InChI is InChI=1S/C49H97NO8/c1-3-5-7-9-11-13-15-17-19-21-22-23-25-27-29-31-33-35-37-39-45(53)50-42(41-57-49-48(56)47(55)46(54)44(40-51)58-49)43(52)38-36-34-32-30-28-26-24-20-18-16-14-12-10-8-6-4-2/h42-44,46-49,51-52,54-56H,3-41H2,1-2H3,(H,50,53)/t42-,43+,44+,46+,47?,48?,49+/m0/s1. The third-order valence-electron chi connectivity index (χ3n) is 12.5. The van der Waals surface area contributed by atoms with Crippen LogP contribution in [0.25, 0.3) is 0 Å². The summed E-state index contributed by atoms with van der Waals surface area (Å²) in [5.41, 5.74) is 0. The predicted molar refractivity (Wildman–Crippen MR) is 240 cm³/mol. The Kier molecular flexibility index (Phi) is 38.3. The van der Waals surface area contributed by atoms with Gasteiger partial charge in [0.15, 0.2) is 6.29 Å². The fourth-order valence-electron chi connectivity index (χ4n) is 8.40. The molecule has 0 radical (unpaired) electrons. The lowest BCUT2D eigenvalue weighted by atomic mass is 9.99. The van der Waals surface area contributed by atoms with Gasteiger partial charge in [-0.25, -0.2) is 0 Å². The molecule has 1 heterocycles. The predicted octanol–water partition coefficient (Wildman–Crippen LogP) is 11.1. The largest absolute Gasteiger partial charge is 0.394 e. The van der Waals surface area contributed by atoms with Crippen LogP contribution in [-0.4, -0.2) is 87.5 Å². The first-order chi connectivity index (χ1) is 28.3. The molecule has 1 rings (SSSR count). The number of carbonyl (C=O) groups excluding carboxylic acids is 1. The van der Waals surface area contributed by atoms with Crippen LogP contribution >= 0.6 is 0 Å². The van der Waals surface area contributed by atoms with Crippen molar-refractivity contribution in [1.82, 2.24) is 5.32 Å². The summed E-state index contributed by atoms with van der Waals surface area (Å²) >= 11 is 0. The van der Waals surface area contributed by atoms with E-state index in [1.54, 1.807) is 0 Å². The zero-order valence-corrected chi connectivity index (χ0v) is 38.1. The summed E-state index contributed by atoms with van der Waals surface area (Å²) in [4.78, 5) is 13.0. The van der Waals surface area contributed by atoms with Gasteiger partial charge < -0.3 is 40.3 Å². The highest BCUT2D eigenvalue weighted by Crippen LogP contribution is 2.23. The first-order valence-electron chi connectivity index (χ1n) is 25.2. The Labute approximate surface area is 357 Å². The van der Waals surface area contributed by atoms with Crippen LogP contribution in [0.5, 0.6) is 0 Å². The third kappa shape index (κ3) is 30.3. The van der Waals surface area contributed by atoms with E-state index in [4.69, 9.17) is 9.47 Å². The number of amides is 1. The van der Waals surface area contributed by atoms with E-state index in [1.165, 1.54) is 186 Å². The second kappa shape index (κ2) is 40.3. The van der Waals surface area contributed by atoms with Gasteiger partial charge in [-0.2, -0.15) is 0 Å². The van der Waals surface area contributed by atoms with E-state index in [2.05, 4.69) is 19.2 Å². The topological polar surface area (TPSA) is 149 Å². The minimum atomic E-state index is -1.55. The normalized spacial score (nSPS) is 20.7.